The second-order valence-electron chi connectivity index (χ2n) is 6.75. The molecule has 0 bridgehead atoms. The van der Waals surface area contributed by atoms with E-state index in [1.54, 1.807) is 19.3 Å². The molecule has 1 fully saturated rings. The molecule has 1 saturated heterocycles. The van der Waals surface area contributed by atoms with Gasteiger partial charge in [0.15, 0.2) is 5.96 Å². The minimum Gasteiger partial charge on any atom is -0.469 e. The predicted molar refractivity (Wildman–Crippen MR) is 116 cm³/mol. The number of nitrogens with one attached hydrogen (secondary N) is 1. The summed E-state index contributed by atoms with van der Waals surface area (Å²) >= 11 is 0. The van der Waals surface area contributed by atoms with Crippen LogP contribution in [-0.2, 0) is 6.42 Å². The Bertz CT molecular complexity index is 592. The maximum Gasteiger partial charge on any atom is 0.401 e. The first-order valence-corrected chi connectivity index (χ1v) is 9.37. The monoisotopic (exact) mass is 514 g/mol. The van der Waals surface area contributed by atoms with Gasteiger partial charge in [0.25, 0.3) is 0 Å². The molecule has 0 spiro atoms. The van der Waals surface area contributed by atoms with Crippen LogP contribution in [0.3, 0.4) is 0 Å². The second kappa shape index (κ2) is 12.4. The van der Waals surface area contributed by atoms with Gasteiger partial charge in [-0.2, -0.15) is 13.2 Å². The summed E-state index contributed by atoms with van der Waals surface area (Å²) in [6, 6.07) is 3.76. The normalized spacial score (nSPS) is 17.7. The number of guanidine groups is 1. The van der Waals surface area contributed by atoms with Gasteiger partial charge in [0.1, 0.15) is 5.76 Å². The highest BCUT2D eigenvalue weighted by atomic mass is 127. The Balaban J connectivity index is 0.00000392. The van der Waals surface area contributed by atoms with Crippen molar-refractivity contribution in [2.75, 3.05) is 45.8 Å². The van der Waals surface area contributed by atoms with E-state index in [0.717, 1.165) is 24.7 Å². The fraction of sp³-hybridized carbons (Fsp3) is 0.632. The lowest BCUT2D eigenvalue weighted by molar-refractivity contribution is -0.146. The van der Waals surface area contributed by atoms with Crippen molar-refractivity contribution in [3.63, 3.8) is 0 Å². The molecular weight excluding hydrogens is 484 g/mol. The molecule has 0 amide bonds. The Hall–Kier alpha value is -1.23. The van der Waals surface area contributed by atoms with E-state index in [4.69, 9.17) is 4.42 Å². The van der Waals surface area contributed by atoms with Crippen LogP contribution in [0.1, 0.15) is 19.1 Å². The third-order valence-corrected chi connectivity index (χ3v) is 4.56. The zero-order chi connectivity index (χ0) is 19.7. The summed E-state index contributed by atoms with van der Waals surface area (Å²) in [5.74, 6) is 1.86. The molecule has 2 heterocycles. The third kappa shape index (κ3) is 8.85. The fourth-order valence-electron chi connectivity index (χ4n) is 3.26. The summed E-state index contributed by atoms with van der Waals surface area (Å²) in [5, 5.41) is 3.25. The van der Waals surface area contributed by atoms with Crippen molar-refractivity contribution < 1.29 is 17.6 Å². The number of alkyl halides is 3. The SMILES string of the molecule is C=CCNC(=NCCc1ccco1)N1CCC(CN(CC)CC(F)(F)F)C1.I. The molecular formula is C19H30F3IN4O. The van der Waals surface area contributed by atoms with Gasteiger partial charge >= 0.3 is 6.18 Å². The van der Waals surface area contributed by atoms with Crippen molar-refractivity contribution >= 4 is 29.9 Å². The Kier molecular flexibility index (Phi) is 10.9. The van der Waals surface area contributed by atoms with Gasteiger partial charge < -0.3 is 14.6 Å². The lowest BCUT2D eigenvalue weighted by Crippen LogP contribution is -2.42. The van der Waals surface area contributed by atoms with Gasteiger partial charge in [-0.05, 0) is 31.0 Å². The Morgan fingerprint density at radius 1 is 1.50 bits per heavy atom. The lowest BCUT2D eigenvalue weighted by atomic mass is 10.1. The molecule has 1 aromatic rings. The van der Waals surface area contributed by atoms with Crippen LogP contribution >= 0.6 is 24.0 Å². The average Bonchev–Trinajstić information content (AvgIpc) is 3.28. The van der Waals surface area contributed by atoms with Gasteiger partial charge in [0, 0.05) is 39.1 Å². The van der Waals surface area contributed by atoms with Crippen LogP contribution in [0.15, 0.2) is 40.5 Å². The van der Waals surface area contributed by atoms with Crippen LogP contribution in [0.25, 0.3) is 0 Å². The first-order chi connectivity index (χ1) is 12.9. The third-order valence-electron chi connectivity index (χ3n) is 4.56. The van der Waals surface area contributed by atoms with Gasteiger partial charge in [0.05, 0.1) is 12.8 Å². The van der Waals surface area contributed by atoms with E-state index < -0.39 is 12.7 Å². The minimum atomic E-state index is -4.15. The number of hydrogen-bond donors (Lipinski definition) is 1. The van der Waals surface area contributed by atoms with Crippen LogP contribution < -0.4 is 5.32 Å². The number of likely N-dealkylation sites (tertiary alicyclic amines) is 1. The van der Waals surface area contributed by atoms with Crippen LogP contribution in [0, 0.1) is 5.92 Å². The highest BCUT2D eigenvalue weighted by molar-refractivity contribution is 14.0. The maximum absolute atomic E-state index is 12.7. The first-order valence-electron chi connectivity index (χ1n) is 9.37. The Morgan fingerprint density at radius 3 is 2.89 bits per heavy atom. The van der Waals surface area contributed by atoms with Crippen LogP contribution in [0.4, 0.5) is 13.2 Å². The van der Waals surface area contributed by atoms with E-state index >= 15 is 0 Å². The van der Waals surface area contributed by atoms with Crippen molar-refractivity contribution in [1.82, 2.24) is 15.1 Å². The van der Waals surface area contributed by atoms with Crippen LogP contribution in [-0.4, -0.2) is 67.7 Å². The number of nitrogens with zero attached hydrogens (tertiary/aromatic N) is 3. The highest BCUT2D eigenvalue weighted by Crippen LogP contribution is 2.21. The molecule has 2 rings (SSSR count). The minimum absolute atomic E-state index is 0. The number of aliphatic imine (C=N–C) groups is 1. The first kappa shape index (κ1) is 24.8. The molecule has 1 aromatic heterocycles. The van der Waals surface area contributed by atoms with E-state index in [1.165, 1.54) is 4.90 Å². The lowest BCUT2D eigenvalue weighted by Gasteiger charge is -2.26. The number of furan rings is 1. The summed E-state index contributed by atoms with van der Waals surface area (Å²) in [7, 11) is 0. The second-order valence-corrected chi connectivity index (χ2v) is 6.75. The molecule has 1 aliphatic rings. The Morgan fingerprint density at radius 2 is 2.29 bits per heavy atom. The topological polar surface area (TPSA) is 44.0 Å². The average molecular weight is 514 g/mol. The van der Waals surface area contributed by atoms with Gasteiger partial charge in [-0.3, -0.25) is 9.89 Å². The fourth-order valence-corrected chi connectivity index (χ4v) is 3.26. The molecule has 0 radical (unpaired) electrons. The van der Waals surface area contributed by atoms with Crippen LogP contribution in [0.5, 0.6) is 0 Å². The van der Waals surface area contributed by atoms with Gasteiger partial charge in [0.2, 0.25) is 0 Å². The molecule has 1 N–H and O–H groups in total. The van der Waals surface area contributed by atoms with Gasteiger partial charge in [-0.25, -0.2) is 0 Å². The standard InChI is InChI=1S/C19H29F3N4O.HI/c1-3-9-23-18(24-10-7-17-6-5-12-27-17)26-11-8-16(14-26)13-25(4-2)15-19(20,21)22;/h3,5-6,12,16H,1,4,7-11,13-15H2,2H3,(H,23,24);1H. The van der Waals surface area contributed by atoms with Gasteiger partial charge in [-0.1, -0.05) is 13.0 Å². The quantitative estimate of drug-likeness (QED) is 0.236. The molecule has 9 heteroatoms. The van der Waals surface area contributed by atoms with Crippen molar-refractivity contribution in [1.29, 1.82) is 0 Å². The van der Waals surface area contributed by atoms with E-state index in [9.17, 15) is 13.2 Å². The Labute approximate surface area is 182 Å². The van der Waals surface area contributed by atoms with Gasteiger partial charge in [-0.15, -0.1) is 30.6 Å². The highest BCUT2D eigenvalue weighted by Gasteiger charge is 2.33. The largest absolute Gasteiger partial charge is 0.469 e. The summed E-state index contributed by atoms with van der Waals surface area (Å²) in [6.07, 6.45) is 0.817. The molecule has 28 heavy (non-hydrogen) atoms. The van der Waals surface area contributed by atoms with E-state index in [2.05, 4.69) is 21.8 Å². The smallest absolute Gasteiger partial charge is 0.401 e. The zero-order valence-electron chi connectivity index (χ0n) is 16.2. The molecule has 5 nitrogen and oxygen atoms in total. The zero-order valence-corrected chi connectivity index (χ0v) is 18.6. The molecule has 1 unspecified atom stereocenters. The predicted octanol–water partition coefficient (Wildman–Crippen LogP) is 3.78. The van der Waals surface area contributed by atoms with E-state index in [1.807, 2.05) is 12.1 Å². The van der Waals surface area contributed by atoms with Crippen LogP contribution in [0.2, 0.25) is 0 Å². The molecule has 1 atom stereocenters. The molecule has 0 saturated carbocycles. The summed E-state index contributed by atoms with van der Waals surface area (Å²) in [6.45, 7) is 8.16. The summed E-state index contributed by atoms with van der Waals surface area (Å²) in [4.78, 5) is 8.24. The van der Waals surface area contributed by atoms with Crippen molar-refractivity contribution in [2.24, 2.45) is 10.9 Å². The van der Waals surface area contributed by atoms with E-state index in [-0.39, 0.29) is 29.9 Å². The molecule has 0 aromatic carbocycles. The number of halogens is 4. The van der Waals surface area contributed by atoms with E-state index in [0.29, 0.717) is 39.1 Å². The maximum atomic E-state index is 12.7. The molecule has 1 aliphatic heterocycles. The number of hydrogen-bond acceptors (Lipinski definition) is 3. The number of rotatable bonds is 9. The summed E-state index contributed by atoms with van der Waals surface area (Å²) < 4.78 is 43.3. The summed E-state index contributed by atoms with van der Waals surface area (Å²) in [5.41, 5.74) is 0. The van der Waals surface area contributed by atoms with Crippen molar-refractivity contribution in [3.05, 3.63) is 36.8 Å². The van der Waals surface area contributed by atoms with Crippen molar-refractivity contribution in [3.8, 4) is 0 Å². The molecule has 0 aliphatic carbocycles. The van der Waals surface area contributed by atoms with Crippen molar-refractivity contribution in [2.45, 2.75) is 25.9 Å². The molecule has 160 valence electrons.